The molecule has 0 atom stereocenters. The number of nitriles is 1. The van der Waals surface area contributed by atoms with E-state index in [2.05, 4.69) is 0 Å². The summed E-state index contributed by atoms with van der Waals surface area (Å²) in [5, 5.41) is 8.66. The normalized spacial score (nSPS) is 10.4. The van der Waals surface area contributed by atoms with Gasteiger partial charge in [0.1, 0.15) is 5.75 Å². The van der Waals surface area contributed by atoms with Crippen molar-refractivity contribution in [2.75, 3.05) is 0 Å². The van der Waals surface area contributed by atoms with Crippen LogP contribution in [0.25, 0.3) is 0 Å². The highest BCUT2D eigenvalue weighted by atomic mass is 19.1. The van der Waals surface area contributed by atoms with Crippen LogP contribution in [-0.4, -0.2) is 0 Å². The Balaban J connectivity index is 2.44. The monoisotopic (exact) mass is 273 g/mol. The molecule has 2 aromatic carbocycles. The number of hydrogen-bond acceptors (Lipinski definition) is 2. The molecule has 0 aliphatic heterocycles. The van der Waals surface area contributed by atoms with E-state index in [0.717, 1.165) is 17.7 Å². The zero-order valence-corrected chi connectivity index (χ0v) is 11.2. The topological polar surface area (TPSA) is 33.0 Å². The van der Waals surface area contributed by atoms with E-state index in [1.54, 1.807) is 18.2 Å². The summed E-state index contributed by atoms with van der Waals surface area (Å²) < 4.78 is 33.0. The first kappa shape index (κ1) is 14.0. The molecular formula is C16H13F2NO. The first-order valence-electron chi connectivity index (χ1n) is 6.19. The molecule has 0 aromatic heterocycles. The standard InChI is InChI=1S/C16H13F2NO/c1-10(2)12-5-3-4-6-15(12)20-16-13(17)7-11(9-19)8-14(16)18/h3-8,10H,1-2H3. The van der Waals surface area contributed by atoms with E-state index in [1.807, 2.05) is 26.0 Å². The summed E-state index contributed by atoms with van der Waals surface area (Å²) >= 11 is 0. The molecule has 0 aliphatic carbocycles. The Bertz CT molecular complexity index is 651. The van der Waals surface area contributed by atoms with Gasteiger partial charge in [-0.3, -0.25) is 0 Å². The number of benzene rings is 2. The summed E-state index contributed by atoms with van der Waals surface area (Å²) in [7, 11) is 0. The van der Waals surface area contributed by atoms with E-state index in [0.29, 0.717) is 5.75 Å². The number of hydrogen-bond donors (Lipinski definition) is 0. The van der Waals surface area contributed by atoms with Crippen LogP contribution in [0.5, 0.6) is 11.5 Å². The van der Waals surface area contributed by atoms with E-state index in [9.17, 15) is 8.78 Å². The molecule has 0 spiro atoms. The average molecular weight is 273 g/mol. The molecule has 0 N–H and O–H groups in total. The second-order valence-corrected chi connectivity index (χ2v) is 4.68. The fraction of sp³-hybridized carbons (Fsp3) is 0.188. The largest absolute Gasteiger partial charge is 0.451 e. The van der Waals surface area contributed by atoms with Crippen molar-refractivity contribution in [3.8, 4) is 17.6 Å². The molecule has 0 heterocycles. The maximum atomic E-state index is 13.8. The van der Waals surface area contributed by atoms with Gasteiger partial charge in [-0.25, -0.2) is 8.78 Å². The Hall–Kier alpha value is -2.41. The van der Waals surface area contributed by atoms with E-state index in [-0.39, 0.29) is 11.5 Å². The van der Waals surface area contributed by atoms with Crippen LogP contribution >= 0.6 is 0 Å². The van der Waals surface area contributed by atoms with E-state index in [4.69, 9.17) is 10.00 Å². The SMILES string of the molecule is CC(C)c1ccccc1Oc1c(F)cc(C#N)cc1F. The fourth-order valence-electron chi connectivity index (χ4n) is 1.88. The van der Waals surface area contributed by atoms with Crippen LogP contribution in [0.1, 0.15) is 30.9 Å². The Labute approximate surface area is 116 Å². The predicted octanol–water partition coefficient (Wildman–Crippen LogP) is 4.75. The highest BCUT2D eigenvalue weighted by Gasteiger charge is 2.16. The minimum absolute atomic E-state index is 0.0792. The summed E-state index contributed by atoms with van der Waals surface area (Å²) in [5.74, 6) is -1.70. The van der Waals surface area contributed by atoms with Gasteiger partial charge in [0.2, 0.25) is 0 Å². The van der Waals surface area contributed by atoms with Crippen LogP contribution in [0, 0.1) is 23.0 Å². The Morgan fingerprint density at radius 2 is 1.70 bits per heavy atom. The third-order valence-corrected chi connectivity index (χ3v) is 2.88. The molecular weight excluding hydrogens is 260 g/mol. The van der Waals surface area contributed by atoms with Crippen molar-refractivity contribution in [3.63, 3.8) is 0 Å². The van der Waals surface area contributed by atoms with Gasteiger partial charge in [-0.05, 0) is 29.7 Å². The van der Waals surface area contributed by atoms with E-state index >= 15 is 0 Å². The maximum Gasteiger partial charge on any atom is 0.198 e. The highest BCUT2D eigenvalue weighted by molar-refractivity contribution is 5.43. The van der Waals surface area contributed by atoms with Crippen molar-refractivity contribution in [2.24, 2.45) is 0 Å². The van der Waals surface area contributed by atoms with Crippen LogP contribution in [0.4, 0.5) is 8.78 Å². The number of rotatable bonds is 3. The van der Waals surface area contributed by atoms with Crippen LogP contribution < -0.4 is 4.74 Å². The molecule has 0 bridgehead atoms. The van der Waals surface area contributed by atoms with E-state index in [1.165, 1.54) is 0 Å². The Morgan fingerprint density at radius 1 is 1.10 bits per heavy atom. The van der Waals surface area contributed by atoms with Crippen molar-refractivity contribution < 1.29 is 13.5 Å². The first-order valence-corrected chi connectivity index (χ1v) is 6.19. The molecule has 2 aromatic rings. The lowest BCUT2D eigenvalue weighted by molar-refractivity contribution is 0.402. The second kappa shape index (κ2) is 5.70. The summed E-state index contributed by atoms with van der Waals surface area (Å²) in [6, 6.07) is 10.7. The number of ether oxygens (including phenoxy) is 1. The summed E-state index contributed by atoms with van der Waals surface area (Å²) in [5.41, 5.74) is 0.778. The van der Waals surface area contributed by atoms with Gasteiger partial charge in [0, 0.05) is 0 Å². The molecule has 0 radical (unpaired) electrons. The summed E-state index contributed by atoms with van der Waals surface area (Å²) in [4.78, 5) is 0. The smallest absolute Gasteiger partial charge is 0.198 e. The molecule has 0 saturated heterocycles. The van der Waals surface area contributed by atoms with Crippen molar-refractivity contribution in [3.05, 3.63) is 59.2 Å². The third-order valence-electron chi connectivity index (χ3n) is 2.88. The summed E-state index contributed by atoms with van der Waals surface area (Å²) in [6.07, 6.45) is 0. The molecule has 0 amide bonds. The van der Waals surface area contributed by atoms with Gasteiger partial charge in [0.05, 0.1) is 11.6 Å². The fourth-order valence-corrected chi connectivity index (χ4v) is 1.88. The lowest BCUT2D eigenvalue weighted by Crippen LogP contribution is -1.98. The highest BCUT2D eigenvalue weighted by Crippen LogP contribution is 2.33. The predicted molar refractivity (Wildman–Crippen MR) is 71.7 cm³/mol. The lowest BCUT2D eigenvalue weighted by atomic mass is 10.0. The van der Waals surface area contributed by atoms with Gasteiger partial charge in [0.15, 0.2) is 17.4 Å². The van der Waals surface area contributed by atoms with Crippen molar-refractivity contribution in [2.45, 2.75) is 19.8 Å². The maximum absolute atomic E-state index is 13.8. The Morgan fingerprint density at radius 3 is 2.25 bits per heavy atom. The quantitative estimate of drug-likeness (QED) is 0.808. The molecule has 0 fully saturated rings. The second-order valence-electron chi connectivity index (χ2n) is 4.68. The third kappa shape index (κ3) is 2.77. The zero-order chi connectivity index (χ0) is 14.7. The number of nitrogens with zero attached hydrogens (tertiary/aromatic N) is 1. The molecule has 0 unspecified atom stereocenters. The molecule has 0 aliphatic rings. The Kier molecular flexibility index (Phi) is 3.99. The van der Waals surface area contributed by atoms with E-state index < -0.39 is 17.4 Å². The summed E-state index contributed by atoms with van der Waals surface area (Å²) in [6.45, 7) is 3.93. The lowest BCUT2D eigenvalue weighted by Gasteiger charge is -2.14. The molecule has 2 rings (SSSR count). The molecule has 20 heavy (non-hydrogen) atoms. The molecule has 0 saturated carbocycles. The molecule has 4 heteroatoms. The molecule has 2 nitrogen and oxygen atoms in total. The van der Waals surface area contributed by atoms with Gasteiger partial charge >= 0.3 is 0 Å². The molecule has 102 valence electrons. The van der Waals surface area contributed by atoms with Gasteiger partial charge in [-0.1, -0.05) is 32.0 Å². The number of halogens is 2. The minimum Gasteiger partial charge on any atom is -0.451 e. The van der Waals surface area contributed by atoms with Crippen molar-refractivity contribution >= 4 is 0 Å². The van der Waals surface area contributed by atoms with Crippen LogP contribution in [0.15, 0.2) is 36.4 Å². The van der Waals surface area contributed by atoms with Crippen molar-refractivity contribution in [1.29, 1.82) is 5.26 Å². The zero-order valence-electron chi connectivity index (χ0n) is 11.2. The first-order chi connectivity index (χ1) is 9.52. The van der Waals surface area contributed by atoms with Gasteiger partial charge in [0.25, 0.3) is 0 Å². The van der Waals surface area contributed by atoms with Crippen LogP contribution in [-0.2, 0) is 0 Å². The minimum atomic E-state index is -0.889. The average Bonchev–Trinajstić information content (AvgIpc) is 2.42. The van der Waals surface area contributed by atoms with Crippen LogP contribution in [0.3, 0.4) is 0 Å². The van der Waals surface area contributed by atoms with Gasteiger partial charge in [-0.15, -0.1) is 0 Å². The van der Waals surface area contributed by atoms with Crippen LogP contribution in [0.2, 0.25) is 0 Å². The van der Waals surface area contributed by atoms with Crippen molar-refractivity contribution in [1.82, 2.24) is 0 Å². The number of para-hydroxylation sites is 1. The van der Waals surface area contributed by atoms with Gasteiger partial charge in [-0.2, -0.15) is 5.26 Å². The van der Waals surface area contributed by atoms with Gasteiger partial charge < -0.3 is 4.74 Å².